The summed E-state index contributed by atoms with van der Waals surface area (Å²) in [4.78, 5) is 29.0. The third kappa shape index (κ3) is 9.87. The molecule has 0 saturated carbocycles. The topological polar surface area (TPSA) is 122 Å². The van der Waals surface area contributed by atoms with Gasteiger partial charge in [0.25, 0.3) is 0 Å². The molecule has 0 aromatic carbocycles. The molecule has 0 unspecified atom stereocenters. The van der Waals surface area contributed by atoms with Gasteiger partial charge in [0.2, 0.25) is 0 Å². The number of ether oxygens (including phenoxy) is 2. The third-order valence-corrected chi connectivity index (χ3v) is 5.55. The Morgan fingerprint density at radius 3 is 1.97 bits per heavy atom. The van der Waals surface area contributed by atoms with Gasteiger partial charge in [-0.2, -0.15) is 26.3 Å². The SMILES string of the molecule is O=C(O)C(F)(F)F.O=C(O)C(F)(F)F.c1ccc(COC[C@]23COC[C@H]2CN(Cc2ccccn2)C3)nc1. The molecule has 4 rings (SSSR count). The van der Waals surface area contributed by atoms with Gasteiger partial charge in [-0.05, 0) is 24.3 Å². The number of halogens is 6. The Labute approximate surface area is 213 Å². The number of hydrogen-bond donors (Lipinski definition) is 2. The zero-order chi connectivity index (χ0) is 28.4. The lowest BCUT2D eigenvalue weighted by Gasteiger charge is -2.27. The monoisotopic (exact) mass is 553 g/mol. The van der Waals surface area contributed by atoms with Crippen LogP contribution in [0, 0.1) is 11.3 Å². The van der Waals surface area contributed by atoms with Crippen molar-refractivity contribution < 1.29 is 55.6 Å². The molecular weight excluding hydrogens is 528 g/mol. The molecule has 0 radical (unpaired) electrons. The van der Waals surface area contributed by atoms with Crippen LogP contribution in [0.3, 0.4) is 0 Å². The molecule has 0 amide bonds. The van der Waals surface area contributed by atoms with Crippen LogP contribution in [-0.2, 0) is 32.2 Å². The Bertz CT molecular complexity index is 1000. The predicted octanol–water partition coefficient (Wildman–Crippen LogP) is 3.41. The van der Waals surface area contributed by atoms with E-state index in [1.165, 1.54) is 0 Å². The molecule has 0 bridgehead atoms. The Kier molecular flexibility index (Phi) is 11.0. The van der Waals surface area contributed by atoms with Gasteiger partial charge in [-0.1, -0.05) is 12.1 Å². The van der Waals surface area contributed by atoms with E-state index in [4.69, 9.17) is 29.3 Å². The van der Waals surface area contributed by atoms with E-state index >= 15 is 0 Å². The number of likely N-dealkylation sites (tertiary alicyclic amines) is 1. The van der Waals surface area contributed by atoms with Gasteiger partial charge in [0.1, 0.15) is 0 Å². The summed E-state index contributed by atoms with van der Waals surface area (Å²) in [7, 11) is 0. The maximum absolute atomic E-state index is 10.6. The highest BCUT2D eigenvalue weighted by Crippen LogP contribution is 2.42. The second kappa shape index (κ2) is 13.5. The zero-order valence-electron chi connectivity index (χ0n) is 19.8. The molecule has 4 heterocycles. The predicted molar refractivity (Wildman–Crippen MR) is 118 cm³/mol. The van der Waals surface area contributed by atoms with Crippen molar-refractivity contribution in [2.45, 2.75) is 25.5 Å². The Hall–Kier alpha value is -3.30. The molecule has 2 aromatic heterocycles. The van der Waals surface area contributed by atoms with Crippen molar-refractivity contribution in [2.24, 2.45) is 11.3 Å². The van der Waals surface area contributed by atoms with Crippen LogP contribution >= 0.6 is 0 Å². The van der Waals surface area contributed by atoms with E-state index in [9.17, 15) is 26.3 Å². The molecule has 2 aliphatic rings. The van der Waals surface area contributed by atoms with Gasteiger partial charge in [0, 0.05) is 43.4 Å². The van der Waals surface area contributed by atoms with Crippen LogP contribution < -0.4 is 0 Å². The molecule has 210 valence electrons. The normalized spacial score (nSPS) is 20.9. The van der Waals surface area contributed by atoms with Crippen LogP contribution in [0.2, 0.25) is 0 Å². The van der Waals surface area contributed by atoms with E-state index in [0.29, 0.717) is 12.5 Å². The summed E-state index contributed by atoms with van der Waals surface area (Å²) >= 11 is 0. The molecule has 2 fully saturated rings. The molecule has 15 heteroatoms. The fourth-order valence-electron chi connectivity index (χ4n) is 3.83. The molecule has 2 atom stereocenters. The van der Waals surface area contributed by atoms with Crippen LogP contribution in [0.25, 0.3) is 0 Å². The third-order valence-electron chi connectivity index (χ3n) is 5.55. The molecule has 0 aliphatic carbocycles. The van der Waals surface area contributed by atoms with Crippen molar-refractivity contribution >= 4 is 11.9 Å². The van der Waals surface area contributed by atoms with Gasteiger partial charge in [0.15, 0.2) is 0 Å². The maximum atomic E-state index is 10.6. The summed E-state index contributed by atoms with van der Waals surface area (Å²) in [5, 5.41) is 14.2. The number of carboxylic acid groups (broad SMARTS) is 2. The zero-order valence-corrected chi connectivity index (χ0v) is 19.8. The lowest BCUT2D eigenvalue weighted by atomic mass is 9.82. The average Bonchev–Trinajstić information content (AvgIpc) is 3.36. The van der Waals surface area contributed by atoms with Crippen molar-refractivity contribution in [1.82, 2.24) is 14.9 Å². The van der Waals surface area contributed by atoms with Crippen molar-refractivity contribution in [2.75, 3.05) is 32.9 Å². The van der Waals surface area contributed by atoms with Crippen molar-refractivity contribution in [3.63, 3.8) is 0 Å². The van der Waals surface area contributed by atoms with E-state index in [1.807, 2.05) is 42.7 Å². The maximum Gasteiger partial charge on any atom is 0.490 e. The van der Waals surface area contributed by atoms with E-state index in [-0.39, 0.29) is 5.41 Å². The number of alkyl halides is 6. The van der Waals surface area contributed by atoms with E-state index < -0.39 is 24.3 Å². The van der Waals surface area contributed by atoms with Crippen LogP contribution in [0.5, 0.6) is 0 Å². The van der Waals surface area contributed by atoms with E-state index in [0.717, 1.165) is 50.8 Å². The van der Waals surface area contributed by atoms with Crippen LogP contribution in [-0.4, -0.2) is 82.3 Å². The van der Waals surface area contributed by atoms with Gasteiger partial charge in [-0.15, -0.1) is 0 Å². The van der Waals surface area contributed by atoms with Crippen molar-refractivity contribution in [1.29, 1.82) is 0 Å². The fourth-order valence-corrected chi connectivity index (χ4v) is 3.83. The summed E-state index contributed by atoms with van der Waals surface area (Å²) in [5.74, 6) is -4.97. The number of carbonyl (C=O) groups is 2. The fraction of sp³-hybridized carbons (Fsp3) is 0.478. The molecule has 0 spiro atoms. The van der Waals surface area contributed by atoms with Crippen LogP contribution in [0.15, 0.2) is 48.8 Å². The number of carboxylic acids is 2. The lowest BCUT2D eigenvalue weighted by molar-refractivity contribution is -0.193. The number of rotatable bonds is 6. The van der Waals surface area contributed by atoms with E-state index in [2.05, 4.69) is 20.9 Å². The number of aromatic nitrogens is 2. The number of aliphatic carboxylic acids is 2. The van der Waals surface area contributed by atoms with Gasteiger partial charge in [-0.3, -0.25) is 14.9 Å². The highest BCUT2D eigenvalue weighted by Gasteiger charge is 2.50. The Balaban J connectivity index is 0.000000301. The first-order valence-electron chi connectivity index (χ1n) is 11.0. The Morgan fingerprint density at radius 1 is 0.974 bits per heavy atom. The standard InChI is InChI=1S/C19H23N3O2.2C2HF3O2/c1-3-7-20-17(5-1)10-22-9-16-11-23-14-19(16,13-22)15-24-12-18-6-2-4-8-21-18;2*3-2(4,5)1(6)7/h1-8,16H,9-15H2;2*(H,6,7)/t16-,19+;;/m1../s1. The molecule has 2 aromatic rings. The number of hydrogen-bond acceptors (Lipinski definition) is 7. The van der Waals surface area contributed by atoms with Crippen molar-refractivity contribution in [3.05, 3.63) is 60.2 Å². The summed E-state index contributed by atoms with van der Waals surface area (Å²) < 4.78 is 75.3. The molecule has 2 N–H and O–H groups in total. The first-order chi connectivity index (χ1) is 17.7. The highest BCUT2D eigenvalue weighted by molar-refractivity contribution is 5.73. The summed E-state index contributed by atoms with van der Waals surface area (Å²) in [6.45, 7) is 5.89. The van der Waals surface area contributed by atoms with Crippen molar-refractivity contribution in [3.8, 4) is 0 Å². The first-order valence-corrected chi connectivity index (χ1v) is 11.0. The van der Waals surface area contributed by atoms with Gasteiger partial charge < -0.3 is 19.7 Å². The minimum Gasteiger partial charge on any atom is -0.475 e. The van der Waals surface area contributed by atoms with Crippen LogP contribution in [0.4, 0.5) is 26.3 Å². The first kappa shape index (κ1) is 30.9. The quantitative estimate of drug-likeness (QED) is 0.519. The second-order valence-electron chi connectivity index (χ2n) is 8.48. The average molecular weight is 553 g/mol. The highest BCUT2D eigenvalue weighted by atomic mass is 19.4. The molecule has 9 nitrogen and oxygen atoms in total. The molecular formula is C23H25F6N3O6. The minimum absolute atomic E-state index is 0.115. The van der Waals surface area contributed by atoms with Gasteiger partial charge in [-0.25, -0.2) is 9.59 Å². The summed E-state index contributed by atoms with van der Waals surface area (Å²) in [6, 6.07) is 12.0. The number of pyridine rings is 2. The second-order valence-corrected chi connectivity index (χ2v) is 8.48. The molecule has 38 heavy (non-hydrogen) atoms. The van der Waals surface area contributed by atoms with Gasteiger partial charge in [0.05, 0.1) is 37.8 Å². The summed E-state index contributed by atoms with van der Waals surface area (Å²) in [6.07, 6.45) is -6.50. The molecule has 2 saturated heterocycles. The minimum atomic E-state index is -5.08. The largest absolute Gasteiger partial charge is 0.490 e. The number of fused-ring (bicyclic) bond motifs is 1. The lowest BCUT2D eigenvalue weighted by Crippen LogP contribution is -2.35. The van der Waals surface area contributed by atoms with E-state index in [1.54, 1.807) is 0 Å². The smallest absolute Gasteiger partial charge is 0.475 e. The summed E-state index contributed by atoms with van der Waals surface area (Å²) in [5.41, 5.74) is 2.22. The van der Waals surface area contributed by atoms with Gasteiger partial charge >= 0.3 is 24.3 Å². The molecule has 2 aliphatic heterocycles. The Morgan fingerprint density at radius 2 is 1.50 bits per heavy atom. The van der Waals surface area contributed by atoms with Crippen LogP contribution in [0.1, 0.15) is 11.4 Å². The number of nitrogens with zero attached hydrogens (tertiary/aromatic N) is 3.